The predicted octanol–water partition coefficient (Wildman–Crippen LogP) is 5.89. The van der Waals surface area contributed by atoms with E-state index in [4.69, 9.17) is 9.62 Å². The average Bonchev–Trinajstić information content (AvgIpc) is 3.31. The van der Waals surface area contributed by atoms with E-state index in [1.54, 1.807) is 0 Å². The molecule has 2 aromatic heterocycles. The highest BCUT2D eigenvalue weighted by Crippen LogP contribution is 2.28. The van der Waals surface area contributed by atoms with Crippen molar-refractivity contribution in [3.05, 3.63) is 47.7 Å². The van der Waals surface area contributed by atoms with Crippen LogP contribution >= 0.6 is 0 Å². The highest BCUT2D eigenvalue weighted by Gasteiger charge is 2.21. The van der Waals surface area contributed by atoms with Crippen LogP contribution in [0.3, 0.4) is 0 Å². The van der Waals surface area contributed by atoms with Crippen LogP contribution in [0.15, 0.2) is 34.9 Å². The number of aromatic nitrogens is 4. The highest BCUT2D eigenvalue weighted by atomic mass is 16.5. The molecule has 168 valence electrons. The lowest BCUT2D eigenvalue weighted by molar-refractivity contribution is 0.318. The van der Waals surface area contributed by atoms with Gasteiger partial charge in [0.2, 0.25) is 5.89 Å². The van der Waals surface area contributed by atoms with Gasteiger partial charge in [-0.3, -0.25) is 4.68 Å². The zero-order chi connectivity index (χ0) is 22.6. The molecule has 6 heteroatoms. The smallest absolute Gasteiger partial charge is 0.232 e. The summed E-state index contributed by atoms with van der Waals surface area (Å²) in [6.45, 7) is 13.8. The van der Waals surface area contributed by atoms with Crippen LogP contribution in [0, 0.1) is 0 Å². The molecule has 3 aromatic rings. The Balaban J connectivity index is 1.47. The van der Waals surface area contributed by atoms with Crippen LogP contribution in [0.25, 0.3) is 11.3 Å². The van der Waals surface area contributed by atoms with Crippen LogP contribution in [-0.2, 0) is 24.3 Å². The van der Waals surface area contributed by atoms with Gasteiger partial charge >= 0.3 is 0 Å². The van der Waals surface area contributed by atoms with Crippen molar-refractivity contribution in [3.8, 4) is 11.3 Å². The summed E-state index contributed by atoms with van der Waals surface area (Å²) in [4.78, 5) is 4.51. The van der Waals surface area contributed by atoms with Crippen molar-refractivity contribution in [2.75, 3.05) is 11.9 Å². The fraction of sp³-hybridized carbons (Fsp3) is 0.560. The molecule has 1 aromatic carbocycles. The third kappa shape index (κ3) is 6.18. The number of hydrogen-bond acceptors (Lipinski definition) is 5. The fourth-order valence-electron chi connectivity index (χ4n) is 3.37. The molecule has 0 aliphatic carbocycles. The number of nitrogens with zero attached hydrogens (tertiary/aromatic N) is 4. The molecule has 3 rings (SSSR count). The third-order valence-electron chi connectivity index (χ3n) is 5.32. The third-order valence-corrected chi connectivity index (χ3v) is 5.32. The predicted molar refractivity (Wildman–Crippen MR) is 126 cm³/mol. The average molecular weight is 424 g/mol. The van der Waals surface area contributed by atoms with Crippen molar-refractivity contribution in [2.45, 2.75) is 78.1 Å². The molecule has 0 saturated heterocycles. The van der Waals surface area contributed by atoms with Crippen molar-refractivity contribution < 1.29 is 4.52 Å². The van der Waals surface area contributed by atoms with Gasteiger partial charge in [0.15, 0.2) is 5.82 Å². The first-order valence-electron chi connectivity index (χ1n) is 11.3. The molecule has 0 spiro atoms. The SMILES string of the molecule is Cn1nc(C(C)(C)C)cc1-c1cccc(NCCCCCc2noc(C(C)(C)C)n2)c1. The van der Waals surface area contributed by atoms with Crippen LogP contribution < -0.4 is 5.32 Å². The molecule has 0 unspecified atom stereocenters. The Hall–Kier alpha value is -2.63. The monoisotopic (exact) mass is 423 g/mol. The van der Waals surface area contributed by atoms with Crippen LogP contribution in [0.5, 0.6) is 0 Å². The van der Waals surface area contributed by atoms with Gasteiger partial charge in [0, 0.05) is 42.1 Å². The van der Waals surface area contributed by atoms with Crippen molar-refractivity contribution in [1.29, 1.82) is 0 Å². The van der Waals surface area contributed by atoms with Crippen molar-refractivity contribution in [1.82, 2.24) is 19.9 Å². The van der Waals surface area contributed by atoms with E-state index in [0.717, 1.165) is 55.1 Å². The van der Waals surface area contributed by atoms with E-state index in [-0.39, 0.29) is 10.8 Å². The van der Waals surface area contributed by atoms with Gasteiger partial charge in [-0.15, -0.1) is 0 Å². The molecule has 0 aliphatic rings. The van der Waals surface area contributed by atoms with Crippen LogP contribution in [0.2, 0.25) is 0 Å². The molecule has 0 bridgehead atoms. The van der Waals surface area contributed by atoms with E-state index in [9.17, 15) is 0 Å². The molecule has 0 radical (unpaired) electrons. The lowest BCUT2D eigenvalue weighted by Crippen LogP contribution is -2.12. The minimum atomic E-state index is -0.0898. The second-order valence-electron chi connectivity index (χ2n) is 10.4. The standard InChI is InChI=1S/C25H37N5O/c1-24(2,3)21-17-20(30(7)28-21)18-12-11-13-19(16-18)26-15-10-8-9-14-22-27-23(31-29-22)25(4,5)6/h11-13,16-17,26H,8-10,14-15H2,1-7H3. The summed E-state index contributed by atoms with van der Waals surface area (Å²) in [6, 6.07) is 10.8. The minimum absolute atomic E-state index is 0.0433. The Morgan fingerprint density at radius 2 is 1.74 bits per heavy atom. The molecule has 31 heavy (non-hydrogen) atoms. The first kappa shape index (κ1) is 23.0. The summed E-state index contributed by atoms with van der Waals surface area (Å²) in [6.07, 6.45) is 4.16. The Labute approximate surface area is 186 Å². The van der Waals surface area contributed by atoms with Crippen LogP contribution in [0.1, 0.15) is 78.2 Å². The lowest BCUT2D eigenvalue weighted by atomic mass is 9.92. The van der Waals surface area contributed by atoms with E-state index < -0.39 is 0 Å². The molecule has 6 nitrogen and oxygen atoms in total. The Kier molecular flexibility index (Phi) is 6.87. The normalized spacial score (nSPS) is 12.4. The van der Waals surface area contributed by atoms with Crippen LogP contribution in [-0.4, -0.2) is 26.5 Å². The van der Waals surface area contributed by atoms with Gasteiger partial charge < -0.3 is 9.84 Å². The van der Waals surface area contributed by atoms with E-state index in [1.165, 1.54) is 5.56 Å². The first-order chi connectivity index (χ1) is 14.5. The molecule has 0 aliphatic heterocycles. The summed E-state index contributed by atoms with van der Waals surface area (Å²) >= 11 is 0. The second kappa shape index (κ2) is 9.25. The summed E-state index contributed by atoms with van der Waals surface area (Å²) < 4.78 is 7.34. The van der Waals surface area contributed by atoms with E-state index >= 15 is 0 Å². The summed E-state index contributed by atoms with van der Waals surface area (Å²) in [5, 5.41) is 12.4. The number of aryl methyl sites for hydroxylation is 2. The molecular formula is C25H37N5O. The van der Waals surface area contributed by atoms with Crippen LogP contribution in [0.4, 0.5) is 5.69 Å². The van der Waals surface area contributed by atoms with Crippen molar-refractivity contribution in [3.63, 3.8) is 0 Å². The lowest BCUT2D eigenvalue weighted by Gasteiger charge is -2.13. The maximum absolute atomic E-state index is 5.36. The first-order valence-corrected chi connectivity index (χ1v) is 11.3. The van der Waals surface area contributed by atoms with Gasteiger partial charge in [-0.05, 0) is 31.0 Å². The van der Waals surface area contributed by atoms with E-state index in [1.807, 2.05) is 11.7 Å². The zero-order valence-corrected chi connectivity index (χ0v) is 20.1. The van der Waals surface area contributed by atoms with E-state index in [2.05, 4.69) is 87.3 Å². The van der Waals surface area contributed by atoms with E-state index in [0.29, 0.717) is 5.89 Å². The molecule has 2 heterocycles. The zero-order valence-electron chi connectivity index (χ0n) is 20.1. The van der Waals surface area contributed by atoms with Gasteiger partial charge in [0.05, 0.1) is 11.4 Å². The maximum atomic E-state index is 5.36. The number of anilines is 1. The summed E-state index contributed by atoms with van der Waals surface area (Å²) in [5.74, 6) is 1.53. The molecule has 0 amide bonds. The number of benzene rings is 1. The number of hydrogen-bond donors (Lipinski definition) is 1. The van der Waals surface area contributed by atoms with Gasteiger partial charge in [-0.2, -0.15) is 10.1 Å². The topological polar surface area (TPSA) is 68.8 Å². The highest BCUT2D eigenvalue weighted by molar-refractivity contribution is 5.66. The second-order valence-corrected chi connectivity index (χ2v) is 10.4. The molecule has 0 atom stereocenters. The molecule has 0 saturated carbocycles. The molecule has 1 N–H and O–H groups in total. The molecular weight excluding hydrogens is 386 g/mol. The van der Waals surface area contributed by atoms with Crippen molar-refractivity contribution in [2.24, 2.45) is 7.05 Å². The Morgan fingerprint density at radius 3 is 2.39 bits per heavy atom. The van der Waals surface area contributed by atoms with Crippen molar-refractivity contribution >= 4 is 5.69 Å². The molecule has 0 fully saturated rings. The summed E-state index contributed by atoms with van der Waals surface area (Å²) in [5.41, 5.74) is 4.53. The van der Waals surface area contributed by atoms with Gasteiger partial charge in [-0.1, -0.05) is 65.3 Å². The number of rotatable bonds is 8. The number of unbranched alkanes of at least 4 members (excludes halogenated alkanes) is 2. The Bertz CT molecular complexity index is 988. The number of nitrogens with one attached hydrogen (secondary N) is 1. The van der Waals surface area contributed by atoms with Gasteiger partial charge in [0.1, 0.15) is 0 Å². The quantitative estimate of drug-likeness (QED) is 0.458. The minimum Gasteiger partial charge on any atom is -0.385 e. The van der Waals surface area contributed by atoms with Gasteiger partial charge in [0.25, 0.3) is 0 Å². The maximum Gasteiger partial charge on any atom is 0.232 e. The van der Waals surface area contributed by atoms with Gasteiger partial charge in [-0.25, -0.2) is 0 Å². The Morgan fingerprint density at radius 1 is 0.968 bits per heavy atom. The fourth-order valence-corrected chi connectivity index (χ4v) is 3.37. The summed E-state index contributed by atoms with van der Waals surface area (Å²) in [7, 11) is 2.01. The largest absolute Gasteiger partial charge is 0.385 e.